The predicted molar refractivity (Wildman–Crippen MR) is 94.4 cm³/mol. The fourth-order valence-electron chi connectivity index (χ4n) is 2.91. The maximum absolute atomic E-state index is 11.1. The third kappa shape index (κ3) is 2.48. The number of ether oxygens (including phenoxy) is 1. The molecule has 0 radical (unpaired) electrons. The monoisotopic (exact) mass is 350 g/mol. The molecule has 4 aromatic rings. The molecular formula is C18H14N4O4. The molecule has 0 saturated heterocycles. The molecular weight excluding hydrogens is 336 g/mol. The summed E-state index contributed by atoms with van der Waals surface area (Å²) in [4.78, 5) is 15.4. The van der Waals surface area contributed by atoms with Crippen LogP contribution in [0.15, 0.2) is 58.2 Å². The Labute approximate surface area is 147 Å². The smallest absolute Gasteiger partial charge is 0.261 e. The molecule has 4 rings (SSSR count). The van der Waals surface area contributed by atoms with Gasteiger partial charge in [0.25, 0.3) is 5.89 Å². The van der Waals surface area contributed by atoms with Crippen molar-refractivity contribution >= 4 is 16.6 Å². The van der Waals surface area contributed by atoms with Crippen molar-refractivity contribution < 1.29 is 14.4 Å². The van der Waals surface area contributed by atoms with E-state index in [-0.39, 0.29) is 18.1 Å². The molecule has 0 atom stereocenters. The number of aromatic nitrogens is 3. The summed E-state index contributed by atoms with van der Waals surface area (Å²) in [6.07, 6.45) is 0. The second kappa shape index (κ2) is 6.32. The van der Waals surface area contributed by atoms with Gasteiger partial charge in [0, 0.05) is 5.39 Å². The molecule has 2 aromatic heterocycles. The van der Waals surface area contributed by atoms with Gasteiger partial charge in [-0.3, -0.25) is 0 Å². The number of aromatic hydroxyl groups is 1. The highest BCUT2D eigenvalue weighted by molar-refractivity contribution is 5.95. The first-order chi connectivity index (χ1) is 12.7. The molecule has 2 heterocycles. The molecule has 26 heavy (non-hydrogen) atoms. The van der Waals surface area contributed by atoms with E-state index in [4.69, 9.17) is 9.26 Å². The Kier molecular flexibility index (Phi) is 3.85. The molecule has 0 bridgehead atoms. The van der Waals surface area contributed by atoms with Crippen molar-refractivity contribution in [1.29, 1.82) is 0 Å². The molecule has 0 aliphatic rings. The van der Waals surface area contributed by atoms with Crippen LogP contribution in [0.4, 0.5) is 5.69 Å². The topological polar surface area (TPSA) is 103 Å². The Hall–Kier alpha value is -3.68. The number of methoxy groups -OCH3 is 1. The lowest BCUT2D eigenvalue weighted by molar-refractivity contribution is 0.399. The Morgan fingerprint density at radius 1 is 1.19 bits per heavy atom. The van der Waals surface area contributed by atoms with Gasteiger partial charge in [-0.1, -0.05) is 35.5 Å². The van der Waals surface area contributed by atoms with Crippen molar-refractivity contribution in [2.45, 2.75) is 6.54 Å². The van der Waals surface area contributed by atoms with Gasteiger partial charge in [-0.15, -0.1) is 4.91 Å². The number of fused-ring (bicyclic) bond motifs is 1. The summed E-state index contributed by atoms with van der Waals surface area (Å²) in [5.41, 5.74) is 1.32. The van der Waals surface area contributed by atoms with Crippen molar-refractivity contribution in [2.75, 3.05) is 7.11 Å². The molecule has 0 aliphatic carbocycles. The van der Waals surface area contributed by atoms with Crippen molar-refractivity contribution in [3.63, 3.8) is 0 Å². The van der Waals surface area contributed by atoms with Crippen LogP contribution in [-0.4, -0.2) is 26.9 Å². The van der Waals surface area contributed by atoms with Crippen LogP contribution in [0.25, 0.3) is 22.4 Å². The SMILES string of the molecule is COc1ccccc1-c1nc(Cn2c(O)c(N=O)c3ccccc32)no1. The van der Waals surface area contributed by atoms with Crippen molar-refractivity contribution in [3.05, 3.63) is 59.3 Å². The summed E-state index contributed by atoms with van der Waals surface area (Å²) in [5, 5.41) is 17.8. The highest BCUT2D eigenvalue weighted by Crippen LogP contribution is 2.38. The zero-order chi connectivity index (χ0) is 18.1. The quantitative estimate of drug-likeness (QED) is 0.548. The lowest BCUT2D eigenvalue weighted by Crippen LogP contribution is -2.00. The number of benzene rings is 2. The molecule has 0 saturated carbocycles. The normalized spacial score (nSPS) is 11.0. The Morgan fingerprint density at radius 2 is 1.96 bits per heavy atom. The fraction of sp³-hybridized carbons (Fsp3) is 0.111. The maximum atomic E-state index is 11.1. The van der Waals surface area contributed by atoms with E-state index in [0.717, 1.165) is 0 Å². The molecule has 1 N–H and O–H groups in total. The van der Waals surface area contributed by atoms with Crippen LogP contribution < -0.4 is 4.74 Å². The highest BCUT2D eigenvalue weighted by Gasteiger charge is 2.20. The van der Waals surface area contributed by atoms with Gasteiger partial charge < -0.3 is 18.9 Å². The van der Waals surface area contributed by atoms with E-state index in [9.17, 15) is 10.0 Å². The van der Waals surface area contributed by atoms with Gasteiger partial charge >= 0.3 is 0 Å². The van der Waals surface area contributed by atoms with E-state index in [1.54, 1.807) is 31.4 Å². The van der Waals surface area contributed by atoms with Gasteiger partial charge in [0.15, 0.2) is 11.5 Å². The van der Waals surface area contributed by atoms with Crippen LogP contribution in [0, 0.1) is 4.91 Å². The Morgan fingerprint density at radius 3 is 2.77 bits per heavy atom. The Balaban J connectivity index is 1.74. The van der Waals surface area contributed by atoms with E-state index < -0.39 is 0 Å². The minimum atomic E-state index is -0.232. The van der Waals surface area contributed by atoms with Gasteiger partial charge in [0.05, 0.1) is 24.7 Å². The number of nitrogens with zero attached hydrogens (tertiary/aromatic N) is 4. The first-order valence-corrected chi connectivity index (χ1v) is 7.82. The van der Waals surface area contributed by atoms with Crippen molar-refractivity contribution in [3.8, 4) is 23.1 Å². The minimum Gasteiger partial charge on any atom is -0.496 e. The molecule has 2 aromatic carbocycles. The summed E-state index contributed by atoms with van der Waals surface area (Å²) in [6.45, 7) is 0.126. The summed E-state index contributed by atoms with van der Waals surface area (Å²) in [7, 11) is 1.56. The van der Waals surface area contributed by atoms with Gasteiger partial charge in [0.2, 0.25) is 5.88 Å². The number of para-hydroxylation sites is 2. The number of hydrogen-bond donors (Lipinski definition) is 1. The van der Waals surface area contributed by atoms with Gasteiger partial charge in [0.1, 0.15) is 5.75 Å². The van der Waals surface area contributed by atoms with E-state index in [1.165, 1.54) is 4.57 Å². The van der Waals surface area contributed by atoms with Crippen LogP contribution in [0.2, 0.25) is 0 Å². The molecule has 130 valence electrons. The minimum absolute atomic E-state index is 0.00551. The number of hydrogen-bond acceptors (Lipinski definition) is 7. The maximum Gasteiger partial charge on any atom is 0.261 e. The lowest BCUT2D eigenvalue weighted by atomic mass is 10.2. The second-order valence-corrected chi connectivity index (χ2v) is 5.58. The van der Waals surface area contributed by atoms with Gasteiger partial charge in [-0.2, -0.15) is 4.98 Å². The summed E-state index contributed by atoms with van der Waals surface area (Å²) < 4.78 is 12.1. The molecule has 0 aliphatic heterocycles. The fourth-order valence-corrected chi connectivity index (χ4v) is 2.91. The van der Waals surface area contributed by atoms with Crippen molar-refractivity contribution in [2.24, 2.45) is 5.18 Å². The van der Waals surface area contributed by atoms with E-state index in [0.29, 0.717) is 33.9 Å². The Bertz CT molecular complexity index is 1100. The van der Waals surface area contributed by atoms with Crippen LogP contribution in [0.5, 0.6) is 11.6 Å². The molecule has 0 unspecified atom stereocenters. The third-order valence-corrected chi connectivity index (χ3v) is 4.11. The number of nitroso groups, excluding NO2 is 1. The van der Waals surface area contributed by atoms with Gasteiger partial charge in [-0.05, 0) is 23.4 Å². The van der Waals surface area contributed by atoms with Crippen molar-refractivity contribution in [1.82, 2.24) is 14.7 Å². The largest absolute Gasteiger partial charge is 0.496 e. The number of rotatable bonds is 5. The molecule has 8 nitrogen and oxygen atoms in total. The lowest BCUT2D eigenvalue weighted by Gasteiger charge is -2.03. The second-order valence-electron chi connectivity index (χ2n) is 5.58. The standard InChI is InChI=1S/C18H14N4O4/c1-25-14-9-5-3-7-12(14)17-19-15(21-26-17)10-22-13-8-4-2-6-11(13)16(20-24)18(22)23/h2-9,23H,10H2,1H3. The average Bonchev–Trinajstić information content (AvgIpc) is 3.25. The van der Waals surface area contributed by atoms with Crippen LogP contribution in [-0.2, 0) is 6.54 Å². The molecule has 8 heteroatoms. The van der Waals surface area contributed by atoms with E-state index in [1.807, 2.05) is 24.3 Å². The third-order valence-electron chi connectivity index (χ3n) is 4.11. The van der Waals surface area contributed by atoms with Crippen LogP contribution in [0.1, 0.15) is 5.82 Å². The molecule has 0 spiro atoms. The highest BCUT2D eigenvalue weighted by atomic mass is 16.5. The van der Waals surface area contributed by atoms with E-state index >= 15 is 0 Å². The summed E-state index contributed by atoms with van der Waals surface area (Å²) in [5.74, 6) is 1.04. The zero-order valence-corrected chi connectivity index (χ0v) is 13.8. The molecule has 0 fully saturated rings. The summed E-state index contributed by atoms with van der Waals surface area (Å²) >= 11 is 0. The zero-order valence-electron chi connectivity index (χ0n) is 13.8. The first-order valence-electron chi connectivity index (χ1n) is 7.82. The summed E-state index contributed by atoms with van der Waals surface area (Å²) in [6, 6.07) is 14.4. The average molecular weight is 350 g/mol. The van der Waals surface area contributed by atoms with Gasteiger partial charge in [-0.25, -0.2) is 0 Å². The van der Waals surface area contributed by atoms with Crippen LogP contribution >= 0.6 is 0 Å². The first kappa shape index (κ1) is 15.8. The van der Waals surface area contributed by atoms with E-state index in [2.05, 4.69) is 15.3 Å². The van der Waals surface area contributed by atoms with Crippen LogP contribution in [0.3, 0.4) is 0 Å². The molecule has 0 amide bonds. The predicted octanol–water partition coefficient (Wildman–Crippen LogP) is 3.85.